The molecule has 3 heteroatoms. The summed E-state index contributed by atoms with van der Waals surface area (Å²) >= 11 is 0. The van der Waals surface area contributed by atoms with E-state index in [2.05, 4.69) is 43.2 Å². The second-order valence-corrected chi connectivity index (χ2v) is 7.08. The van der Waals surface area contributed by atoms with Crippen LogP contribution < -0.4 is 10.6 Å². The zero-order valence-corrected chi connectivity index (χ0v) is 13.0. The van der Waals surface area contributed by atoms with Crippen molar-refractivity contribution < 1.29 is 0 Å². The lowest BCUT2D eigenvalue weighted by Crippen LogP contribution is -2.49. The van der Waals surface area contributed by atoms with Crippen molar-refractivity contribution in [3.63, 3.8) is 0 Å². The van der Waals surface area contributed by atoms with Gasteiger partial charge in [0.25, 0.3) is 0 Å². The standard InChI is InChI=1S/C16H31N3/c1-5-13-14(10(3)4)15-11-9-17-8-7-12(11)18-16(15)19(13)6-2/h10-18H,5-9H2,1-4H3. The summed E-state index contributed by atoms with van der Waals surface area (Å²) in [6.07, 6.45) is 3.27. The Labute approximate surface area is 118 Å². The Bertz CT molecular complexity index is 317. The first kappa shape index (κ1) is 13.8. The van der Waals surface area contributed by atoms with Crippen molar-refractivity contribution in [3.05, 3.63) is 0 Å². The number of piperidine rings is 1. The van der Waals surface area contributed by atoms with Crippen LogP contribution in [0, 0.1) is 23.7 Å². The molecule has 0 amide bonds. The maximum Gasteiger partial charge on any atom is 0.0637 e. The van der Waals surface area contributed by atoms with Crippen LogP contribution in [0.5, 0.6) is 0 Å². The molecule has 3 fully saturated rings. The summed E-state index contributed by atoms with van der Waals surface area (Å²) in [6.45, 7) is 13.2. The molecule has 0 saturated carbocycles. The summed E-state index contributed by atoms with van der Waals surface area (Å²) in [5, 5.41) is 7.63. The first-order valence-electron chi connectivity index (χ1n) is 8.41. The van der Waals surface area contributed by atoms with E-state index < -0.39 is 0 Å². The lowest BCUT2D eigenvalue weighted by Gasteiger charge is -2.36. The zero-order chi connectivity index (χ0) is 13.6. The molecule has 0 aromatic rings. The van der Waals surface area contributed by atoms with Crippen molar-refractivity contribution in [1.82, 2.24) is 15.5 Å². The highest BCUT2D eigenvalue weighted by atomic mass is 15.4. The number of nitrogens with one attached hydrogen (secondary N) is 2. The van der Waals surface area contributed by atoms with Crippen LogP contribution in [-0.2, 0) is 0 Å². The summed E-state index contributed by atoms with van der Waals surface area (Å²) in [4.78, 5) is 2.77. The van der Waals surface area contributed by atoms with Crippen molar-refractivity contribution in [2.24, 2.45) is 23.7 Å². The summed E-state index contributed by atoms with van der Waals surface area (Å²) in [6, 6.07) is 1.56. The molecule has 3 aliphatic rings. The second-order valence-electron chi connectivity index (χ2n) is 7.08. The van der Waals surface area contributed by atoms with Crippen LogP contribution in [-0.4, -0.2) is 42.8 Å². The molecule has 0 spiro atoms. The lowest BCUT2D eigenvalue weighted by molar-refractivity contribution is 0.140. The van der Waals surface area contributed by atoms with Gasteiger partial charge in [0.1, 0.15) is 0 Å². The number of hydrogen-bond acceptors (Lipinski definition) is 3. The summed E-state index contributed by atoms with van der Waals surface area (Å²) in [5.41, 5.74) is 0. The number of fused-ring (bicyclic) bond motifs is 3. The molecule has 3 saturated heterocycles. The smallest absolute Gasteiger partial charge is 0.0637 e. The Hall–Kier alpha value is -0.120. The highest BCUT2D eigenvalue weighted by Gasteiger charge is 2.57. The van der Waals surface area contributed by atoms with Crippen molar-refractivity contribution in [2.75, 3.05) is 19.6 Å². The van der Waals surface area contributed by atoms with Gasteiger partial charge in [0.15, 0.2) is 0 Å². The van der Waals surface area contributed by atoms with Crippen LogP contribution in [0.4, 0.5) is 0 Å². The Morgan fingerprint density at radius 2 is 2.05 bits per heavy atom. The molecule has 0 aromatic heterocycles. The minimum Gasteiger partial charge on any atom is -0.316 e. The van der Waals surface area contributed by atoms with Crippen molar-refractivity contribution in [2.45, 2.75) is 58.8 Å². The lowest BCUT2D eigenvalue weighted by atomic mass is 9.72. The Balaban J connectivity index is 1.90. The van der Waals surface area contributed by atoms with E-state index in [1.165, 1.54) is 32.5 Å². The van der Waals surface area contributed by atoms with Gasteiger partial charge in [-0.15, -0.1) is 0 Å². The fraction of sp³-hybridized carbons (Fsp3) is 1.00. The summed E-state index contributed by atoms with van der Waals surface area (Å²) in [7, 11) is 0. The van der Waals surface area contributed by atoms with Crippen LogP contribution >= 0.6 is 0 Å². The number of rotatable bonds is 3. The van der Waals surface area contributed by atoms with E-state index in [1.807, 2.05) is 0 Å². The van der Waals surface area contributed by atoms with Gasteiger partial charge in [-0.05, 0) is 56.1 Å². The number of nitrogens with zero attached hydrogens (tertiary/aromatic N) is 1. The molecule has 3 heterocycles. The van der Waals surface area contributed by atoms with Gasteiger partial charge in [0.05, 0.1) is 6.17 Å². The van der Waals surface area contributed by atoms with E-state index in [1.54, 1.807) is 0 Å². The molecule has 3 nitrogen and oxygen atoms in total. The van der Waals surface area contributed by atoms with Gasteiger partial charge >= 0.3 is 0 Å². The van der Waals surface area contributed by atoms with Crippen LogP contribution in [0.15, 0.2) is 0 Å². The second kappa shape index (κ2) is 5.34. The highest BCUT2D eigenvalue weighted by molar-refractivity contribution is 5.10. The minimum absolute atomic E-state index is 0.650. The predicted molar refractivity (Wildman–Crippen MR) is 80.0 cm³/mol. The Kier molecular flexibility index (Phi) is 3.89. The van der Waals surface area contributed by atoms with Crippen LogP contribution in [0.25, 0.3) is 0 Å². The molecule has 19 heavy (non-hydrogen) atoms. The van der Waals surface area contributed by atoms with Gasteiger partial charge in [-0.2, -0.15) is 0 Å². The fourth-order valence-electron chi connectivity index (χ4n) is 5.38. The first-order chi connectivity index (χ1) is 9.19. The van der Waals surface area contributed by atoms with Crippen molar-refractivity contribution in [1.29, 1.82) is 0 Å². The third-order valence-electron chi connectivity index (χ3n) is 6.00. The molecular weight excluding hydrogens is 234 g/mol. The topological polar surface area (TPSA) is 27.3 Å². The summed E-state index contributed by atoms with van der Waals surface area (Å²) < 4.78 is 0. The van der Waals surface area contributed by atoms with Gasteiger partial charge in [-0.3, -0.25) is 10.2 Å². The third-order valence-corrected chi connectivity index (χ3v) is 6.00. The maximum atomic E-state index is 3.99. The molecule has 0 radical (unpaired) electrons. The molecule has 6 atom stereocenters. The Morgan fingerprint density at radius 3 is 2.68 bits per heavy atom. The van der Waals surface area contributed by atoms with Crippen LogP contribution in [0.2, 0.25) is 0 Å². The minimum atomic E-state index is 0.650. The van der Waals surface area contributed by atoms with Crippen molar-refractivity contribution in [3.8, 4) is 0 Å². The van der Waals surface area contributed by atoms with E-state index in [0.29, 0.717) is 6.17 Å². The van der Waals surface area contributed by atoms with Gasteiger partial charge in [-0.25, -0.2) is 0 Å². The monoisotopic (exact) mass is 265 g/mol. The van der Waals surface area contributed by atoms with E-state index in [-0.39, 0.29) is 0 Å². The highest BCUT2D eigenvalue weighted by Crippen LogP contribution is 2.48. The molecule has 0 aromatic carbocycles. The Morgan fingerprint density at radius 1 is 1.26 bits per heavy atom. The van der Waals surface area contributed by atoms with E-state index >= 15 is 0 Å². The largest absolute Gasteiger partial charge is 0.316 e. The van der Waals surface area contributed by atoms with Crippen LogP contribution in [0.3, 0.4) is 0 Å². The quantitative estimate of drug-likeness (QED) is 0.816. The van der Waals surface area contributed by atoms with E-state index in [0.717, 1.165) is 35.8 Å². The molecule has 110 valence electrons. The molecule has 0 bridgehead atoms. The van der Waals surface area contributed by atoms with Crippen LogP contribution in [0.1, 0.15) is 40.5 Å². The molecule has 2 N–H and O–H groups in total. The molecule has 3 rings (SSSR count). The predicted octanol–water partition coefficient (Wildman–Crippen LogP) is 1.90. The molecule has 0 aliphatic carbocycles. The van der Waals surface area contributed by atoms with Gasteiger partial charge in [0.2, 0.25) is 0 Å². The van der Waals surface area contributed by atoms with Gasteiger partial charge in [-0.1, -0.05) is 27.7 Å². The average molecular weight is 265 g/mol. The zero-order valence-electron chi connectivity index (χ0n) is 13.0. The number of likely N-dealkylation sites (tertiary alicyclic amines) is 1. The first-order valence-corrected chi connectivity index (χ1v) is 8.41. The summed E-state index contributed by atoms with van der Waals surface area (Å²) in [5.74, 6) is 3.40. The SMILES string of the molecule is CCC1C(C(C)C)C2C3CNCCC3NC2N1CC. The van der Waals surface area contributed by atoms with E-state index in [9.17, 15) is 0 Å². The van der Waals surface area contributed by atoms with E-state index in [4.69, 9.17) is 0 Å². The molecular formula is C16H31N3. The number of hydrogen-bond donors (Lipinski definition) is 2. The fourth-order valence-corrected chi connectivity index (χ4v) is 5.38. The van der Waals surface area contributed by atoms with Gasteiger partial charge < -0.3 is 5.32 Å². The molecule has 3 aliphatic heterocycles. The van der Waals surface area contributed by atoms with Gasteiger partial charge in [0, 0.05) is 12.1 Å². The third kappa shape index (κ3) is 2.05. The van der Waals surface area contributed by atoms with Crippen molar-refractivity contribution >= 4 is 0 Å². The molecule has 6 unspecified atom stereocenters. The average Bonchev–Trinajstić information content (AvgIpc) is 2.91. The maximum absolute atomic E-state index is 3.99. The normalized spacial score (nSPS) is 46.6.